The molecule has 0 spiro atoms. The van der Waals surface area contributed by atoms with Crippen LogP contribution in [0.1, 0.15) is 33.1 Å². The average molecular weight is 285 g/mol. The fourth-order valence-electron chi connectivity index (χ4n) is 2.12. The van der Waals surface area contributed by atoms with Gasteiger partial charge in [-0.2, -0.15) is 0 Å². The molecule has 1 rings (SSSR count). The zero-order chi connectivity index (χ0) is 15.3. The zero-order valence-corrected chi connectivity index (χ0v) is 12.3. The number of carbonyl (C=O) groups is 3. The number of amides is 3. The zero-order valence-electron chi connectivity index (χ0n) is 12.3. The van der Waals surface area contributed by atoms with Crippen LogP contribution < -0.4 is 11.1 Å². The van der Waals surface area contributed by atoms with Crippen molar-refractivity contribution in [3.8, 4) is 0 Å². The van der Waals surface area contributed by atoms with Crippen molar-refractivity contribution in [1.82, 2.24) is 10.2 Å². The van der Waals surface area contributed by atoms with Crippen LogP contribution in [0.2, 0.25) is 0 Å². The molecule has 0 radical (unpaired) electrons. The predicted octanol–water partition coefficient (Wildman–Crippen LogP) is 0.235. The van der Waals surface area contributed by atoms with E-state index in [9.17, 15) is 14.4 Å². The summed E-state index contributed by atoms with van der Waals surface area (Å²) >= 11 is 0. The summed E-state index contributed by atoms with van der Waals surface area (Å²) in [6.07, 6.45) is 2.69. The Bertz CT molecular complexity index is 395. The summed E-state index contributed by atoms with van der Waals surface area (Å²) in [5, 5.41) is 2.03. The van der Waals surface area contributed by atoms with Gasteiger partial charge < -0.3 is 10.5 Å². The van der Waals surface area contributed by atoms with Crippen LogP contribution in [0.15, 0.2) is 0 Å². The van der Waals surface area contributed by atoms with Gasteiger partial charge in [-0.15, -0.1) is 0 Å². The van der Waals surface area contributed by atoms with Gasteiger partial charge >= 0.3 is 12.0 Å². The number of nitrogens with two attached hydrogens (primary N) is 1. The number of carbonyl (C=O) groups excluding carboxylic acids is 3. The average Bonchev–Trinajstić information content (AvgIpc) is 3.19. The molecule has 0 aromatic carbocycles. The normalized spacial score (nSPS) is 17.4. The molecule has 0 aromatic rings. The summed E-state index contributed by atoms with van der Waals surface area (Å²) in [4.78, 5) is 36.2. The number of nitrogens with one attached hydrogen (secondary N) is 1. The Morgan fingerprint density at radius 3 is 2.40 bits per heavy atom. The Morgan fingerprint density at radius 2 is 2.00 bits per heavy atom. The molecule has 0 aromatic heterocycles. The molecule has 114 valence electrons. The minimum atomic E-state index is -0.891. The summed E-state index contributed by atoms with van der Waals surface area (Å²) in [5.41, 5.74) is 4.05. The van der Waals surface area contributed by atoms with Crippen molar-refractivity contribution in [3.05, 3.63) is 0 Å². The largest absolute Gasteiger partial charge is 0.468 e. The monoisotopic (exact) mass is 285 g/mol. The van der Waals surface area contributed by atoms with Gasteiger partial charge in [-0.1, -0.05) is 6.92 Å². The number of methoxy groups -OCH3 is 1. The van der Waals surface area contributed by atoms with E-state index in [1.165, 1.54) is 7.11 Å². The molecular weight excluding hydrogens is 262 g/mol. The molecule has 0 saturated heterocycles. The predicted molar refractivity (Wildman–Crippen MR) is 72.7 cm³/mol. The Balaban J connectivity index is 2.82. The van der Waals surface area contributed by atoms with E-state index in [0.717, 1.165) is 12.8 Å². The lowest BCUT2D eigenvalue weighted by atomic mass is 9.95. The third kappa shape index (κ3) is 4.19. The molecule has 7 nitrogen and oxygen atoms in total. The molecule has 1 aliphatic rings. The SMILES string of the molecule is CCC(C)(C(=O)OC)N(CC(=O)NC(N)=O)CC1CC1. The highest BCUT2D eigenvalue weighted by Crippen LogP contribution is 2.33. The van der Waals surface area contributed by atoms with E-state index >= 15 is 0 Å². The van der Waals surface area contributed by atoms with Gasteiger partial charge in [0, 0.05) is 6.54 Å². The second-order valence-corrected chi connectivity index (χ2v) is 5.36. The van der Waals surface area contributed by atoms with Crippen LogP contribution in [0, 0.1) is 5.92 Å². The molecule has 0 heterocycles. The first-order valence-electron chi connectivity index (χ1n) is 6.76. The van der Waals surface area contributed by atoms with Crippen molar-refractivity contribution >= 4 is 17.9 Å². The first-order chi connectivity index (χ1) is 9.33. The van der Waals surface area contributed by atoms with Crippen molar-refractivity contribution in [3.63, 3.8) is 0 Å². The van der Waals surface area contributed by atoms with E-state index in [4.69, 9.17) is 10.5 Å². The molecule has 1 saturated carbocycles. The van der Waals surface area contributed by atoms with Crippen LogP contribution in [-0.2, 0) is 14.3 Å². The van der Waals surface area contributed by atoms with Crippen LogP contribution in [-0.4, -0.2) is 48.5 Å². The van der Waals surface area contributed by atoms with Crippen molar-refractivity contribution < 1.29 is 19.1 Å². The molecule has 1 unspecified atom stereocenters. The number of urea groups is 1. The molecule has 7 heteroatoms. The topological polar surface area (TPSA) is 102 Å². The maximum absolute atomic E-state index is 12.0. The lowest BCUT2D eigenvalue weighted by Gasteiger charge is -2.37. The van der Waals surface area contributed by atoms with Gasteiger partial charge in [0.15, 0.2) is 0 Å². The number of primary amides is 1. The number of rotatable bonds is 7. The molecule has 3 amide bonds. The van der Waals surface area contributed by atoms with E-state index in [1.54, 1.807) is 11.8 Å². The first kappa shape index (κ1) is 16.4. The van der Waals surface area contributed by atoms with Crippen LogP contribution in [0.5, 0.6) is 0 Å². The molecule has 0 bridgehead atoms. The molecule has 1 aliphatic carbocycles. The Morgan fingerprint density at radius 1 is 1.40 bits per heavy atom. The minimum absolute atomic E-state index is 0.0567. The fraction of sp³-hybridized carbons (Fsp3) is 0.769. The van der Waals surface area contributed by atoms with Crippen molar-refractivity contribution in [1.29, 1.82) is 0 Å². The maximum atomic E-state index is 12.0. The number of ether oxygens (including phenoxy) is 1. The van der Waals surface area contributed by atoms with Gasteiger partial charge in [0.2, 0.25) is 5.91 Å². The second-order valence-electron chi connectivity index (χ2n) is 5.36. The highest BCUT2D eigenvalue weighted by atomic mass is 16.5. The Labute approximate surface area is 118 Å². The molecule has 0 aliphatic heterocycles. The number of nitrogens with zero attached hydrogens (tertiary/aromatic N) is 1. The van der Waals surface area contributed by atoms with Crippen molar-refractivity contribution in [2.45, 2.75) is 38.6 Å². The van der Waals surface area contributed by atoms with Crippen LogP contribution in [0.25, 0.3) is 0 Å². The molecule has 1 fully saturated rings. The van der Waals surface area contributed by atoms with Gasteiger partial charge in [0.25, 0.3) is 0 Å². The molecule has 1 atom stereocenters. The fourth-order valence-corrected chi connectivity index (χ4v) is 2.12. The van der Waals surface area contributed by atoms with Gasteiger partial charge in [0.05, 0.1) is 13.7 Å². The molecular formula is C13H23N3O4. The Kier molecular flexibility index (Phi) is 5.50. The van der Waals surface area contributed by atoms with E-state index < -0.39 is 17.5 Å². The number of hydrogen-bond donors (Lipinski definition) is 2. The maximum Gasteiger partial charge on any atom is 0.325 e. The summed E-state index contributed by atoms with van der Waals surface area (Å²) in [7, 11) is 1.33. The number of esters is 1. The molecule has 3 N–H and O–H groups in total. The lowest BCUT2D eigenvalue weighted by Crippen LogP contribution is -2.56. The second kappa shape index (κ2) is 6.69. The van der Waals surface area contributed by atoms with E-state index in [0.29, 0.717) is 18.9 Å². The highest BCUT2D eigenvalue weighted by molar-refractivity contribution is 5.94. The van der Waals surface area contributed by atoms with Gasteiger partial charge in [-0.3, -0.25) is 19.8 Å². The van der Waals surface area contributed by atoms with Crippen molar-refractivity contribution in [2.75, 3.05) is 20.2 Å². The van der Waals surface area contributed by atoms with Gasteiger partial charge in [-0.25, -0.2) is 4.79 Å². The van der Waals surface area contributed by atoms with E-state index in [-0.39, 0.29) is 12.5 Å². The smallest absolute Gasteiger partial charge is 0.325 e. The third-order valence-electron chi connectivity index (χ3n) is 3.78. The third-order valence-corrected chi connectivity index (χ3v) is 3.78. The summed E-state index contributed by atoms with van der Waals surface area (Å²) in [5.74, 6) is -0.402. The summed E-state index contributed by atoms with van der Waals surface area (Å²) in [6, 6.07) is -0.891. The lowest BCUT2D eigenvalue weighted by molar-refractivity contribution is -0.155. The van der Waals surface area contributed by atoms with Crippen LogP contribution in [0.3, 0.4) is 0 Å². The number of imide groups is 1. The number of hydrogen-bond acceptors (Lipinski definition) is 5. The minimum Gasteiger partial charge on any atom is -0.468 e. The van der Waals surface area contributed by atoms with Crippen LogP contribution >= 0.6 is 0 Å². The van der Waals surface area contributed by atoms with E-state index in [2.05, 4.69) is 0 Å². The first-order valence-corrected chi connectivity index (χ1v) is 6.76. The Hall–Kier alpha value is -1.63. The quantitative estimate of drug-likeness (QED) is 0.652. The van der Waals surface area contributed by atoms with Gasteiger partial charge in [0.1, 0.15) is 5.54 Å². The van der Waals surface area contributed by atoms with Gasteiger partial charge in [-0.05, 0) is 32.1 Å². The van der Waals surface area contributed by atoms with Crippen LogP contribution in [0.4, 0.5) is 4.79 Å². The molecule has 20 heavy (non-hydrogen) atoms. The van der Waals surface area contributed by atoms with Crippen molar-refractivity contribution in [2.24, 2.45) is 11.7 Å². The summed E-state index contributed by atoms with van der Waals surface area (Å²) in [6.45, 7) is 4.19. The highest BCUT2D eigenvalue weighted by Gasteiger charge is 2.42. The summed E-state index contributed by atoms with van der Waals surface area (Å²) < 4.78 is 4.85. The standard InChI is InChI=1S/C13H23N3O4/c1-4-13(2,11(18)20-3)16(7-9-5-6-9)8-10(17)15-12(14)19/h9H,4-8H2,1-3H3,(H3,14,15,17,19). The van der Waals surface area contributed by atoms with E-state index in [1.807, 2.05) is 12.2 Å².